The molecule has 1 fully saturated rings. The van der Waals surface area contributed by atoms with Gasteiger partial charge in [0.1, 0.15) is 0 Å². The highest BCUT2D eigenvalue weighted by Crippen LogP contribution is 2.26. The fourth-order valence-electron chi connectivity index (χ4n) is 1.98. The van der Waals surface area contributed by atoms with E-state index in [4.69, 9.17) is 5.11 Å². The van der Waals surface area contributed by atoms with Crippen molar-refractivity contribution in [1.29, 1.82) is 0 Å². The first kappa shape index (κ1) is 13.3. The Hall–Kier alpha value is -1.15. The fourth-order valence-corrected chi connectivity index (χ4v) is 4.41. The summed E-state index contributed by atoms with van der Waals surface area (Å²) in [6, 6.07) is -0.521. The molecule has 1 aromatic rings. The van der Waals surface area contributed by atoms with Gasteiger partial charge in [-0.15, -0.1) is 11.3 Å². The molecule has 0 amide bonds. The van der Waals surface area contributed by atoms with Crippen molar-refractivity contribution in [3.8, 4) is 0 Å². The average Bonchev–Trinajstić information content (AvgIpc) is 2.62. The molecule has 2 heterocycles. The highest BCUT2D eigenvalue weighted by atomic mass is 32.2. The van der Waals surface area contributed by atoms with Gasteiger partial charge in [0.15, 0.2) is 15.0 Å². The monoisotopic (exact) mass is 290 g/mol. The molecule has 1 saturated heterocycles. The molecule has 2 rings (SSSR count). The quantitative estimate of drug-likeness (QED) is 0.873. The third-order valence-electron chi connectivity index (χ3n) is 2.79. The van der Waals surface area contributed by atoms with Gasteiger partial charge in [-0.1, -0.05) is 0 Å². The van der Waals surface area contributed by atoms with Crippen molar-refractivity contribution in [2.24, 2.45) is 0 Å². The van der Waals surface area contributed by atoms with Crippen molar-refractivity contribution < 1.29 is 18.3 Å². The molecule has 0 aromatic carbocycles. The summed E-state index contributed by atoms with van der Waals surface area (Å²) in [5.41, 5.74) is 0.859. The molecule has 0 radical (unpaired) electrons. The summed E-state index contributed by atoms with van der Waals surface area (Å²) in [7, 11) is -3.14. The van der Waals surface area contributed by atoms with E-state index in [0.717, 1.165) is 5.69 Å². The topological polar surface area (TPSA) is 87.6 Å². The number of aromatic nitrogens is 1. The fraction of sp³-hybridized carbons (Fsp3) is 0.600. The molecule has 0 aliphatic carbocycles. The zero-order chi connectivity index (χ0) is 13.3. The molecule has 0 spiro atoms. The van der Waals surface area contributed by atoms with Crippen LogP contribution in [0.2, 0.25) is 0 Å². The Kier molecular flexibility index (Phi) is 3.58. The van der Waals surface area contributed by atoms with Crippen molar-refractivity contribution >= 4 is 32.3 Å². The third-order valence-corrected chi connectivity index (χ3v) is 5.49. The number of nitrogens with zero attached hydrogens (tertiary/aromatic N) is 2. The van der Waals surface area contributed by atoms with E-state index < -0.39 is 21.8 Å². The molecule has 100 valence electrons. The zero-order valence-corrected chi connectivity index (χ0v) is 11.5. The number of aliphatic carboxylic acids is 1. The molecular formula is C10H14N2O4S2. The minimum absolute atomic E-state index is 0.0573. The second-order valence-corrected chi connectivity index (χ2v) is 7.40. The Labute approximate surface area is 109 Å². The van der Waals surface area contributed by atoms with Crippen LogP contribution in [0, 0.1) is 6.92 Å². The van der Waals surface area contributed by atoms with Crippen LogP contribution in [-0.4, -0.2) is 48.6 Å². The molecule has 18 heavy (non-hydrogen) atoms. The van der Waals surface area contributed by atoms with E-state index in [2.05, 4.69) is 4.98 Å². The summed E-state index contributed by atoms with van der Waals surface area (Å²) in [5.74, 6) is -1.05. The lowest BCUT2D eigenvalue weighted by Crippen LogP contribution is -2.49. The Morgan fingerprint density at radius 3 is 2.94 bits per heavy atom. The van der Waals surface area contributed by atoms with Crippen molar-refractivity contribution in [1.82, 2.24) is 4.98 Å². The van der Waals surface area contributed by atoms with Crippen molar-refractivity contribution in [2.45, 2.75) is 19.4 Å². The third kappa shape index (κ3) is 2.99. The van der Waals surface area contributed by atoms with E-state index in [1.807, 2.05) is 12.3 Å². The zero-order valence-electron chi connectivity index (χ0n) is 9.87. The van der Waals surface area contributed by atoms with E-state index in [9.17, 15) is 13.2 Å². The van der Waals surface area contributed by atoms with Gasteiger partial charge < -0.3 is 10.0 Å². The summed E-state index contributed by atoms with van der Waals surface area (Å²) in [6.07, 6.45) is -0.183. The Balaban J connectivity index is 2.24. The predicted octanol–water partition coefficient (Wildman–Crippen LogP) is 0.530. The van der Waals surface area contributed by atoms with Crippen molar-refractivity contribution in [3.05, 3.63) is 11.1 Å². The van der Waals surface area contributed by atoms with Gasteiger partial charge in [0.2, 0.25) is 0 Å². The lowest BCUT2D eigenvalue weighted by atomic mass is 10.2. The maximum Gasteiger partial charge on any atom is 0.305 e. The van der Waals surface area contributed by atoms with Crippen LogP contribution < -0.4 is 4.90 Å². The average molecular weight is 290 g/mol. The predicted molar refractivity (Wildman–Crippen MR) is 68.9 cm³/mol. The van der Waals surface area contributed by atoms with E-state index >= 15 is 0 Å². The number of rotatable bonds is 3. The first-order valence-corrected chi connectivity index (χ1v) is 8.18. The highest BCUT2D eigenvalue weighted by Gasteiger charge is 2.33. The molecule has 8 heteroatoms. The first-order chi connectivity index (χ1) is 8.37. The van der Waals surface area contributed by atoms with Crippen LogP contribution in [0.3, 0.4) is 0 Å². The first-order valence-electron chi connectivity index (χ1n) is 5.48. The summed E-state index contributed by atoms with van der Waals surface area (Å²) in [4.78, 5) is 16.9. The number of carboxylic acids is 1. The van der Waals surface area contributed by atoms with Crippen molar-refractivity contribution in [2.75, 3.05) is 23.0 Å². The van der Waals surface area contributed by atoms with Gasteiger partial charge in [0.25, 0.3) is 0 Å². The van der Waals surface area contributed by atoms with Gasteiger partial charge in [-0.3, -0.25) is 4.79 Å². The highest BCUT2D eigenvalue weighted by molar-refractivity contribution is 7.91. The molecule has 1 aliphatic heterocycles. The number of sulfone groups is 1. The standard InChI is InChI=1S/C10H14N2O4S2/c1-7-5-17-10(11-7)12-2-3-18(15,16)6-8(12)4-9(13)14/h5,8H,2-4,6H2,1H3,(H,13,14). The lowest BCUT2D eigenvalue weighted by Gasteiger charge is -2.34. The molecule has 6 nitrogen and oxygen atoms in total. The summed E-state index contributed by atoms with van der Waals surface area (Å²) in [6.45, 7) is 2.17. The second kappa shape index (κ2) is 4.85. The number of thiazole rings is 1. The molecule has 0 bridgehead atoms. The van der Waals surface area contributed by atoms with Gasteiger partial charge in [0.05, 0.1) is 29.7 Å². The summed E-state index contributed by atoms with van der Waals surface area (Å²) in [5, 5.41) is 11.4. The molecular weight excluding hydrogens is 276 g/mol. The number of aryl methyl sites for hydroxylation is 1. The largest absolute Gasteiger partial charge is 0.481 e. The molecule has 1 atom stereocenters. The normalized spacial score (nSPS) is 22.9. The van der Waals surface area contributed by atoms with Gasteiger partial charge in [-0.05, 0) is 6.92 Å². The summed E-state index contributed by atoms with van der Waals surface area (Å²) >= 11 is 1.41. The number of anilines is 1. The smallest absolute Gasteiger partial charge is 0.305 e. The minimum Gasteiger partial charge on any atom is -0.481 e. The molecule has 1 N–H and O–H groups in total. The Bertz CT molecular complexity index is 552. The molecule has 1 aromatic heterocycles. The van der Waals surface area contributed by atoms with Crippen LogP contribution in [0.25, 0.3) is 0 Å². The maximum absolute atomic E-state index is 11.6. The molecule has 1 aliphatic rings. The Morgan fingerprint density at radius 2 is 2.39 bits per heavy atom. The maximum atomic E-state index is 11.6. The van der Waals surface area contributed by atoms with Crippen LogP contribution in [-0.2, 0) is 14.6 Å². The van der Waals surface area contributed by atoms with Gasteiger partial charge in [-0.25, -0.2) is 13.4 Å². The number of carboxylic acid groups (broad SMARTS) is 1. The SMILES string of the molecule is Cc1csc(N2CCS(=O)(=O)CC2CC(=O)O)n1. The number of carbonyl (C=O) groups is 1. The van der Waals surface area contributed by atoms with Crippen LogP contribution in [0.5, 0.6) is 0 Å². The Morgan fingerprint density at radius 1 is 1.67 bits per heavy atom. The van der Waals surface area contributed by atoms with Crippen molar-refractivity contribution in [3.63, 3.8) is 0 Å². The van der Waals surface area contributed by atoms with Gasteiger partial charge >= 0.3 is 5.97 Å². The van der Waals surface area contributed by atoms with E-state index in [0.29, 0.717) is 11.7 Å². The van der Waals surface area contributed by atoms with Crippen LogP contribution in [0.1, 0.15) is 12.1 Å². The van der Waals surface area contributed by atoms with Gasteiger partial charge in [0, 0.05) is 11.9 Å². The molecule has 0 saturated carbocycles. The van der Waals surface area contributed by atoms with Gasteiger partial charge in [-0.2, -0.15) is 0 Å². The number of hydrogen-bond acceptors (Lipinski definition) is 6. The van der Waals surface area contributed by atoms with Crippen LogP contribution in [0.4, 0.5) is 5.13 Å². The second-order valence-electron chi connectivity index (χ2n) is 4.33. The van der Waals surface area contributed by atoms with E-state index in [1.165, 1.54) is 11.3 Å². The lowest BCUT2D eigenvalue weighted by molar-refractivity contribution is -0.137. The van der Waals surface area contributed by atoms with Crippen LogP contribution >= 0.6 is 11.3 Å². The van der Waals surface area contributed by atoms with E-state index in [-0.39, 0.29) is 17.9 Å². The summed E-state index contributed by atoms with van der Waals surface area (Å²) < 4.78 is 23.2. The molecule has 1 unspecified atom stereocenters. The van der Waals surface area contributed by atoms with Crippen LogP contribution in [0.15, 0.2) is 5.38 Å². The number of hydrogen-bond donors (Lipinski definition) is 1. The van der Waals surface area contributed by atoms with E-state index in [1.54, 1.807) is 4.90 Å². The minimum atomic E-state index is -3.14.